The molecule has 0 radical (unpaired) electrons. The maximum Gasteiger partial charge on any atom is 0.123 e. The zero-order valence-electron chi connectivity index (χ0n) is 11.5. The van der Waals surface area contributed by atoms with Gasteiger partial charge in [0.05, 0.1) is 6.10 Å². The minimum Gasteiger partial charge on any atom is -0.387 e. The second-order valence-electron chi connectivity index (χ2n) is 4.86. The molecule has 21 heavy (non-hydrogen) atoms. The summed E-state index contributed by atoms with van der Waals surface area (Å²) in [6.07, 6.45) is -0.709. The monoisotopic (exact) mass is 327 g/mol. The average molecular weight is 328 g/mol. The van der Waals surface area contributed by atoms with Crippen LogP contribution in [0.25, 0.3) is 0 Å². The van der Waals surface area contributed by atoms with E-state index in [1.807, 2.05) is 13.0 Å². The van der Waals surface area contributed by atoms with Crippen LogP contribution in [0.5, 0.6) is 0 Å². The van der Waals surface area contributed by atoms with Crippen LogP contribution in [-0.4, -0.2) is 11.7 Å². The molecule has 2 nitrogen and oxygen atoms in total. The lowest BCUT2D eigenvalue weighted by Gasteiger charge is -2.19. The second-order valence-corrected chi connectivity index (χ2v) is 5.71. The van der Waals surface area contributed by atoms with Gasteiger partial charge in [-0.3, -0.25) is 0 Å². The lowest BCUT2D eigenvalue weighted by Crippen LogP contribution is -2.24. The van der Waals surface area contributed by atoms with Crippen molar-refractivity contribution in [3.05, 3.63) is 69.5 Å². The van der Waals surface area contributed by atoms with Crippen LogP contribution in [0.4, 0.5) is 4.39 Å². The Kier molecular flexibility index (Phi) is 5.59. The smallest absolute Gasteiger partial charge is 0.123 e. The first-order chi connectivity index (χ1) is 9.97. The van der Waals surface area contributed by atoms with E-state index in [0.717, 1.165) is 5.56 Å². The van der Waals surface area contributed by atoms with E-state index in [-0.39, 0.29) is 11.9 Å². The predicted octanol–water partition coefficient (Wildman–Crippen LogP) is 4.52. The van der Waals surface area contributed by atoms with Crippen LogP contribution in [0.15, 0.2) is 42.5 Å². The van der Waals surface area contributed by atoms with Crippen LogP contribution in [0.3, 0.4) is 0 Å². The maximum absolute atomic E-state index is 12.8. The fourth-order valence-corrected chi connectivity index (χ4v) is 2.63. The van der Waals surface area contributed by atoms with Gasteiger partial charge in [0.25, 0.3) is 0 Å². The summed E-state index contributed by atoms with van der Waals surface area (Å²) in [4.78, 5) is 0. The van der Waals surface area contributed by atoms with Crippen molar-refractivity contribution in [1.29, 1.82) is 0 Å². The first-order valence-electron chi connectivity index (χ1n) is 6.59. The first kappa shape index (κ1) is 16.2. The quantitative estimate of drug-likeness (QED) is 0.846. The van der Waals surface area contributed by atoms with E-state index in [0.29, 0.717) is 22.2 Å². The molecule has 0 aliphatic carbocycles. The van der Waals surface area contributed by atoms with E-state index >= 15 is 0 Å². The van der Waals surface area contributed by atoms with Gasteiger partial charge in [-0.05, 0) is 42.3 Å². The summed E-state index contributed by atoms with van der Waals surface area (Å²) in [5, 5.41) is 14.5. The SMILES string of the molecule is CC(NCC(O)c1ccc(F)cc1)c1ccc(Cl)cc1Cl. The van der Waals surface area contributed by atoms with Gasteiger partial charge < -0.3 is 10.4 Å². The molecular weight excluding hydrogens is 312 g/mol. The fraction of sp³-hybridized carbons (Fsp3) is 0.250. The van der Waals surface area contributed by atoms with Crippen molar-refractivity contribution >= 4 is 23.2 Å². The fourth-order valence-electron chi connectivity index (χ4n) is 2.05. The maximum atomic E-state index is 12.8. The molecule has 0 fully saturated rings. The van der Waals surface area contributed by atoms with Crippen molar-refractivity contribution in [2.45, 2.75) is 19.1 Å². The van der Waals surface area contributed by atoms with Crippen LogP contribution in [0.2, 0.25) is 10.0 Å². The van der Waals surface area contributed by atoms with E-state index in [4.69, 9.17) is 23.2 Å². The highest BCUT2D eigenvalue weighted by Crippen LogP contribution is 2.26. The van der Waals surface area contributed by atoms with Crippen LogP contribution >= 0.6 is 23.2 Å². The zero-order chi connectivity index (χ0) is 15.4. The number of rotatable bonds is 5. The van der Waals surface area contributed by atoms with Gasteiger partial charge in [-0.15, -0.1) is 0 Å². The van der Waals surface area contributed by atoms with E-state index in [9.17, 15) is 9.50 Å². The highest BCUT2D eigenvalue weighted by Gasteiger charge is 2.13. The molecule has 0 spiro atoms. The predicted molar refractivity (Wildman–Crippen MR) is 84.2 cm³/mol. The number of benzene rings is 2. The van der Waals surface area contributed by atoms with Gasteiger partial charge in [0.15, 0.2) is 0 Å². The van der Waals surface area contributed by atoms with E-state index in [1.54, 1.807) is 24.3 Å². The molecule has 0 saturated carbocycles. The Morgan fingerprint density at radius 1 is 1.14 bits per heavy atom. The molecule has 0 aliphatic heterocycles. The molecule has 0 saturated heterocycles. The van der Waals surface area contributed by atoms with Crippen molar-refractivity contribution < 1.29 is 9.50 Å². The van der Waals surface area contributed by atoms with Gasteiger partial charge in [-0.1, -0.05) is 41.4 Å². The van der Waals surface area contributed by atoms with Crippen molar-refractivity contribution in [3.8, 4) is 0 Å². The van der Waals surface area contributed by atoms with Crippen LogP contribution < -0.4 is 5.32 Å². The van der Waals surface area contributed by atoms with Crippen molar-refractivity contribution in [3.63, 3.8) is 0 Å². The largest absolute Gasteiger partial charge is 0.387 e. The summed E-state index contributed by atoms with van der Waals surface area (Å²) in [5.41, 5.74) is 1.57. The molecule has 2 rings (SSSR count). The molecule has 0 aliphatic rings. The summed E-state index contributed by atoms with van der Waals surface area (Å²) in [5.74, 6) is -0.319. The van der Waals surface area contributed by atoms with Crippen molar-refractivity contribution in [2.75, 3.05) is 6.54 Å². The highest BCUT2D eigenvalue weighted by molar-refractivity contribution is 6.35. The summed E-state index contributed by atoms with van der Waals surface area (Å²) in [6.45, 7) is 2.29. The molecule has 0 heterocycles. The standard InChI is InChI=1S/C16H16Cl2FNO/c1-10(14-7-4-12(17)8-15(14)18)20-9-16(21)11-2-5-13(19)6-3-11/h2-8,10,16,20-21H,9H2,1H3. The number of nitrogens with one attached hydrogen (secondary N) is 1. The third-order valence-electron chi connectivity index (χ3n) is 3.30. The molecule has 5 heteroatoms. The number of aliphatic hydroxyl groups excluding tert-OH is 1. The van der Waals surface area contributed by atoms with Gasteiger partial charge >= 0.3 is 0 Å². The minimum atomic E-state index is -0.709. The molecule has 0 aromatic heterocycles. The Morgan fingerprint density at radius 3 is 2.43 bits per heavy atom. The van der Waals surface area contributed by atoms with Gasteiger partial charge in [-0.2, -0.15) is 0 Å². The Labute approximate surface area is 133 Å². The van der Waals surface area contributed by atoms with Gasteiger partial charge in [0.2, 0.25) is 0 Å². The topological polar surface area (TPSA) is 32.3 Å². The molecule has 2 atom stereocenters. The molecule has 0 amide bonds. The number of hydrogen-bond donors (Lipinski definition) is 2. The summed E-state index contributed by atoms with van der Waals surface area (Å²) in [7, 11) is 0. The third kappa shape index (κ3) is 4.42. The van der Waals surface area contributed by atoms with Gasteiger partial charge in [-0.25, -0.2) is 4.39 Å². The van der Waals surface area contributed by atoms with Crippen LogP contribution in [0.1, 0.15) is 30.2 Å². The van der Waals surface area contributed by atoms with Crippen LogP contribution in [-0.2, 0) is 0 Å². The van der Waals surface area contributed by atoms with Crippen LogP contribution in [0, 0.1) is 5.82 Å². The first-order valence-corrected chi connectivity index (χ1v) is 7.35. The normalized spacial score (nSPS) is 14.0. The van der Waals surface area contributed by atoms with Crippen molar-refractivity contribution in [1.82, 2.24) is 5.32 Å². The zero-order valence-corrected chi connectivity index (χ0v) is 13.0. The van der Waals surface area contributed by atoms with Gasteiger partial charge in [0.1, 0.15) is 5.82 Å². The average Bonchev–Trinajstić information content (AvgIpc) is 2.45. The van der Waals surface area contributed by atoms with E-state index in [1.165, 1.54) is 12.1 Å². The Morgan fingerprint density at radius 2 is 1.81 bits per heavy atom. The summed E-state index contributed by atoms with van der Waals surface area (Å²) >= 11 is 12.0. The Hall–Kier alpha value is -1.13. The van der Waals surface area contributed by atoms with Gasteiger partial charge in [0, 0.05) is 22.6 Å². The van der Waals surface area contributed by atoms with E-state index < -0.39 is 6.10 Å². The number of halogens is 3. The number of aliphatic hydroxyl groups is 1. The molecular formula is C16H16Cl2FNO. The Balaban J connectivity index is 1.97. The van der Waals surface area contributed by atoms with E-state index in [2.05, 4.69) is 5.32 Å². The molecule has 2 unspecified atom stereocenters. The second kappa shape index (κ2) is 7.23. The minimum absolute atomic E-state index is 0.0372. The summed E-state index contributed by atoms with van der Waals surface area (Å²) < 4.78 is 12.8. The van der Waals surface area contributed by atoms with Crippen molar-refractivity contribution in [2.24, 2.45) is 0 Å². The Bertz CT molecular complexity index is 604. The lowest BCUT2D eigenvalue weighted by molar-refractivity contribution is 0.170. The molecule has 112 valence electrons. The highest BCUT2D eigenvalue weighted by atomic mass is 35.5. The number of hydrogen-bond acceptors (Lipinski definition) is 2. The molecule has 2 aromatic rings. The lowest BCUT2D eigenvalue weighted by atomic mass is 10.1. The molecule has 2 N–H and O–H groups in total. The summed E-state index contributed by atoms with van der Waals surface area (Å²) in [6, 6.07) is 11.1. The molecule has 0 bridgehead atoms. The third-order valence-corrected chi connectivity index (χ3v) is 3.86. The molecule has 2 aromatic carbocycles.